The van der Waals surface area contributed by atoms with Gasteiger partial charge < -0.3 is 0 Å². The van der Waals surface area contributed by atoms with E-state index in [1.165, 1.54) is 6.08 Å². The van der Waals surface area contributed by atoms with Crippen molar-refractivity contribution in [2.45, 2.75) is 25.7 Å². The second kappa shape index (κ2) is 3.90. The largest absolute Gasteiger partial charge is 0.224 e. The van der Waals surface area contributed by atoms with Gasteiger partial charge in [0.25, 0.3) is 0 Å². The monoisotopic (exact) mass is 186 g/mol. The smallest absolute Gasteiger partial charge is 0.177 e. The van der Waals surface area contributed by atoms with Gasteiger partial charge in [-0.1, -0.05) is 12.2 Å². The first kappa shape index (κ1) is 9.52. The molecular weight excluding hydrogens is 172 g/mol. The molecule has 12 heavy (non-hydrogen) atoms. The molecule has 1 aliphatic carbocycles. The Labute approximate surface area is 73.9 Å². The van der Waals surface area contributed by atoms with Crippen molar-refractivity contribution in [3.05, 3.63) is 23.6 Å². The summed E-state index contributed by atoms with van der Waals surface area (Å²) in [4.78, 5) is 0.619. The Morgan fingerprint density at radius 2 is 2.25 bits per heavy atom. The number of sulfone groups is 1. The molecular formula is C9H14O2S. The van der Waals surface area contributed by atoms with Crippen LogP contribution in [0.1, 0.15) is 25.7 Å². The highest BCUT2D eigenvalue weighted by Gasteiger charge is 2.17. The normalized spacial score (nSPS) is 18.5. The van der Waals surface area contributed by atoms with Crippen molar-refractivity contribution in [2.75, 3.05) is 5.75 Å². The lowest BCUT2D eigenvalue weighted by Crippen LogP contribution is -2.09. The third-order valence-corrected chi connectivity index (χ3v) is 3.83. The molecule has 0 saturated heterocycles. The van der Waals surface area contributed by atoms with Crippen molar-refractivity contribution < 1.29 is 8.42 Å². The molecule has 0 bridgehead atoms. The minimum atomic E-state index is -2.99. The fourth-order valence-corrected chi connectivity index (χ4v) is 2.70. The lowest BCUT2D eigenvalue weighted by Gasteiger charge is -2.11. The van der Waals surface area contributed by atoms with Gasteiger partial charge in [0.15, 0.2) is 9.84 Å². The van der Waals surface area contributed by atoms with Crippen molar-refractivity contribution >= 4 is 9.84 Å². The zero-order valence-corrected chi connectivity index (χ0v) is 7.94. The van der Waals surface area contributed by atoms with Crippen LogP contribution in [0, 0.1) is 0 Å². The second-order valence-corrected chi connectivity index (χ2v) is 5.07. The number of hydrogen-bond donors (Lipinski definition) is 0. The van der Waals surface area contributed by atoms with Gasteiger partial charge in [0.05, 0.1) is 5.75 Å². The van der Waals surface area contributed by atoms with Gasteiger partial charge in [0.2, 0.25) is 0 Å². The summed E-state index contributed by atoms with van der Waals surface area (Å²) >= 11 is 0. The predicted molar refractivity (Wildman–Crippen MR) is 50.5 cm³/mol. The number of hydrogen-bond acceptors (Lipinski definition) is 2. The van der Waals surface area contributed by atoms with Crippen LogP contribution in [0.4, 0.5) is 0 Å². The molecule has 68 valence electrons. The Kier molecular flexibility index (Phi) is 3.09. The maximum atomic E-state index is 11.4. The second-order valence-electron chi connectivity index (χ2n) is 2.99. The van der Waals surface area contributed by atoms with Crippen molar-refractivity contribution in [1.29, 1.82) is 0 Å². The molecule has 2 nitrogen and oxygen atoms in total. The molecule has 0 fully saturated rings. The molecule has 0 heterocycles. The Morgan fingerprint density at radius 1 is 1.50 bits per heavy atom. The van der Waals surface area contributed by atoms with E-state index in [2.05, 4.69) is 6.58 Å². The van der Waals surface area contributed by atoms with Gasteiger partial charge in [-0.25, -0.2) is 8.42 Å². The molecule has 0 aromatic heterocycles. The van der Waals surface area contributed by atoms with Crippen LogP contribution in [0.15, 0.2) is 23.6 Å². The molecule has 0 aliphatic heterocycles. The maximum absolute atomic E-state index is 11.4. The van der Waals surface area contributed by atoms with E-state index in [-0.39, 0.29) is 5.75 Å². The minimum absolute atomic E-state index is 0.0822. The molecule has 1 aliphatic rings. The van der Waals surface area contributed by atoms with Crippen LogP contribution >= 0.6 is 0 Å². The van der Waals surface area contributed by atoms with Gasteiger partial charge >= 0.3 is 0 Å². The van der Waals surface area contributed by atoms with Gasteiger partial charge in [-0.05, 0) is 25.7 Å². The lowest BCUT2D eigenvalue weighted by atomic mass is 10.1. The van der Waals surface area contributed by atoms with E-state index in [0.29, 0.717) is 4.91 Å². The van der Waals surface area contributed by atoms with Crippen molar-refractivity contribution in [1.82, 2.24) is 0 Å². The van der Waals surface area contributed by atoms with Crippen LogP contribution in [0.2, 0.25) is 0 Å². The standard InChI is InChI=1S/C9H14O2S/c1-2-8-12(10,11)9-6-4-3-5-7-9/h2,6H,1,3-5,7-8H2. The average Bonchev–Trinajstić information content (AvgIpc) is 2.06. The Balaban J connectivity index is 2.80. The van der Waals surface area contributed by atoms with Crippen molar-refractivity contribution in [3.63, 3.8) is 0 Å². The molecule has 0 atom stereocenters. The molecule has 0 radical (unpaired) electrons. The average molecular weight is 186 g/mol. The van der Waals surface area contributed by atoms with Gasteiger partial charge in [-0.15, -0.1) is 6.58 Å². The summed E-state index contributed by atoms with van der Waals surface area (Å²) in [5, 5.41) is 0. The summed E-state index contributed by atoms with van der Waals surface area (Å²) in [5.74, 6) is 0.0822. The molecule has 0 aromatic carbocycles. The van der Waals surface area contributed by atoms with Crippen molar-refractivity contribution in [2.24, 2.45) is 0 Å². The van der Waals surface area contributed by atoms with Crippen LogP contribution < -0.4 is 0 Å². The maximum Gasteiger partial charge on any atom is 0.177 e. The highest BCUT2D eigenvalue weighted by atomic mass is 32.2. The van der Waals surface area contributed by atoms with E-state index < -0.39 is 9.84 Å². The van der Waals surface area contributed by atoms with Gasteiger partial charge in [-0.2, -0.15) is 0 Å². The molecule has 0 amide bonds. The third-order valence-electron chi connectivity index (χ3n) is 1.99. The summed E-state index contributed by atoms with van der Waals surface area (Å²) in [6.45, 7) is 3.43. The van der Waals surface area contributed by atoms with Gasteiger partial charge in [-0.3, -0.25) is 0 Å². The number of allylic oxidation sites excluding steroid dienone is 2. The molecule has 0 unspecified atom stereocenters. The van der Waals surface area contributed by atoms with Crippen LogP contribution in [0.3, 0.4) is 0 Å². The fraction of sp³-hybridized carbons (Fsp3) is 0.556. The molecule has 0 N–H and O–H groups in total. The summed E-state index contributed by atoms with van der Waals surface area (Å²) in [7, 11) is -2.99. The van der Waals surface area contributed by atoms with Crippen LogP contribution in [0.25, 0.3) is 0 Å². The molecule has 0 saturated carbocycles. The number of rotatable bonds is 3. The SMILES string of the molecule is C=CCS(=O)(=O)C1=CCCCC1. The molecule has 0 aromatic rings. The first-order chi connectivity index (χ1) is 5.67. The first-order valence-electron chi connectivity index (χ1n) is 4.19. The first-order valence-corrected chi connectivity index (χ1v) is 5.85. The van der Waals surface area contributed by atoms with E-state index in [0.717, 1.165) is 25.7 Å². The van der Waals surface area contributed by atoms with Gasteiger partial charge in [0.1, 0.15) is 0 Å². The van der Waals surface area contributed by atoms with E-state index in [9.17, 15) is 8.42 Å². The van der Waals surface area contributed by atoms with E-state index in [1.807, 2.05) is 6.08 Å². The molecule has 0 spiro atoms. The Hall–Kier alpha value is -0.570. The summed E-state index contributed by atoms with van der Waals surface area (Å²) in [6.07, 6.45) is 7.05. The Morgan fingerprint density at radius 3 is 2.75 bits per heavy atom. The van der Waals surface area contributed by atoms with E-state index in [4.69, 9.17) is 0 Å². The van der Waals surface area contributed by atoms with E-state index in [1.54, 1.807) is 0 Å². The molecule has 3 heteroatoms. The quantitative estimate of drug-likeness (QED) is 0.632. The van der Waals surface area contributed by atoms with E-state index >= 15 is 0 Å². The van der Waals surface area contributed by atoms with Crippen LogP contribution in [-0.2, 0) is 9.84 Å². The predicted octanol–water partition coefficient (Wildman–Crippen LogP) is 2.05. The zero-order valence-electron chi connectivity index (χ0n) is 7.12. The highest BCUT2D eigenvalue weighted by Crippen LogP contribution is 2.22. The summed E-state index contributed by atoms with van der Waals surface area (Å²) in [6, 6.07) is 0. The summed E-state index contributed by atoms with van der Waals surface area (Å²) < 4.78 is 22.9. The third kappa shape index (κ3) is 2.21. The fourth-order valence-electron chi connectivity index (χ4n) is 1.35. The topological polar surface area (TPSA) is 34.1 Å². The lowest BCUT2D eigenvalue weighted by molar-refractivity contribution is 0.598. The Bertz CT molecular complexity index is 286. The molecule has 1 rings (SSSR count). The van der Waals surface area contributed by atoms with Crippen molar-refractivity contribution in [3.8, 4) is 0 Å². The van der Waals surface area contributed by atoms with Crippen LogP contribution in [-0.4, -0.2) is 14.2 Å². The van der Waals surface area contributed by atoms with Crippen LogP contribution in [0.5, 0.6) is 0 Å². The minimum Gasteiger partial charge on any atom is -0.224 e. The highest BCUT2D eigenvalue weighted by molar-refractivity contribution is 7.95. The summed E-state index contributed by atoms with van der Waals surface area (Å²) in [5.41, 5.74) is 0. The zero-order chi connectivity index (χ0) is 9.03. The van der Waals surface area contributed by atoms with Gasteiger partial charge in [0, 0.05) is 4.91 Å².